The van der Waals surface area contributed by atoms with Gasteiger partial charge in [0.15, 0.2) is 6.29 Å². The molecule has 0 spiro atoms. The van der Waals surface area contributed by atoms with E-state index in [1.54, 1.807) is 19.2 Å². The van der Waals surface area contributed by atoms with Crippen molar-refractivity contribution in [3.63, 3.8) is 0 Å². The average molecular weight is 899 g/mol. The van der Waals surface area contributed by atoms with Gasteiger partial charge in [-0.25, -0.2) is 0 Å². The van der Waals surface area contributed by atoms with Crippen molar-refractivity contribution in [2.45, 2.75) is 94.4 Å². The first-order valence-electron chi connectivity index (χ1n) is 22.3. The Labute approximate surface area is 386 Å². The highest BCUT2D eigenvalue weighted by molar-refractivity contribution is 5.31. The largest absolute Gasteiger partial charge is 0.497 e. The van der Waals surface area contributed by atoms with Crippen LogP contribution in [-0.4, -0.2) is 91.9 Å². The van der Waals surface area contributed by atoms with E-state index in [4.69, 9.17) is 47.4 Å². The van der Waals surface area contributed by atoms with Crippen LogP contribution >= 0.6 is 0 Å². The molecule has 2 heterocycles. The molecule has 0 aromatic heterocycles. The third-order valence-corrected chi connectivity index (χ3v) is 11.5. The quantitative estimate of drug-likeness (QED) is 0.0689. The van der Waals surface area contributed by atoms with Gasteiger partial charge in [-0.15, -0.1) is 0 Å². The standard InChI is InChI=1S/C54H58O12/c1-57-43-27-29-44(30-28-43)63-54-52(62-35-42-25-15-6-16-26-42)51(61-34-41-23-13-5-14-24-41)49(46(65-54)37-59-32-39-19-9-3-10-20-39)66-53-50(60-33-40-21-11-4-12-22-40)48(56)47(55)45(64-53)36-58-31-38-17-7-2-8-18-38/h2-30,45-56H,31-37H2,1H3/t45?,46?,47-,48?,49+,50?,51?,52?,53-,54+/m0/s1. The van der Waals surface area contributed by atoms with Gasteiger partial charge in [-0.2, -0.15) is 0 Å². The van der Waals surface area contributed by atoms with Gasteiger partial charge in [-0.05, 0) is 52.1 Å². The lowest BCUT2D eigenvalue weighted by molar-refractivity contribution is -0.366. The number of hydrogen-bond acceptors (Lipinski definition) is 12. The highest BCUT2D eigenvalue weighted by Gasteiger charge is 2.54. The van der Waals surface area contributed by atoms with E-state index in [-0.39, 0.29) is 46.2 Å². The fourth-order valence-corrected chi connectivity index (χ4v) is 7.95. The van der Waals surface area contributed by atoms with Gasteiger partial charge in [0.2, 0.25) is 6.29 Å². The molecule has 8 rings (SSSR count). The zero-order valence-electron chi connectivity index (χ0n) is 36.9. The summed E-state index contributed by atoms with van der Waals surface area (Å²) in [5, 5.41) is 23.5. The molecule has 2 saturated heterocycles. The first-order valence-corrected chi connectivity index (χ1v) is 22.3. The molecule has 12 heteroatoms. The van der Waals surface area contributed by atoms with Crippen molar-refractivity contribution in [3.8, 4) is 11.5 Å². The van der Waals surface area contributed by atoms with Gasteiger partial charge in [0.1, 0.15) is 60.3 Å². The van der Waals surface area contributed by atoms with Crippen LogP contribution in [0.25, 0.3) is 0 Å². The number of ether oxygens (including phenoxy) is 10. The predicted molar refractivity (Wildman–Crippen MR) is 245 cm³/mol. The summed E-state index contributed by atoms with van der Waals surface area (Å²) in [5.41, 5.74) is 4.62. The Hall–Kier alpha value is -5.48. The van der Waals surface area contributed by atoms with E-state index in [0.29, 0.717) is 11.5 Å². The minimum absolute atomic E-state index is 0.0374. The second kappa shape index (κ2) is 24.3. The molecule has 0 radical (unpaired) electrons. The molecule has 2 fully saturated rings. The fraction of sp³-hybridized carbons (Fsp3) is 0.333. The summed E-state index contributed by atoms with van der Waals surface area (Å²) in [7, 11) is 1.61. The molecule has 6 unspecified atom stereocenters. The molecule has 0 aliphatic carbocycles. The monoisotopic (exact) mass is 898 g/mol. The molecule has 0 bridgehead atoms. The van der Waals surface area contributed by atoms with Crippen LogP contribution in [0.2, 0.25) is 0 Å². The van der Waals surface area contributed by atoms with E-state index in [0.717, 1.165) is 27.8 Å². The third kappa shape index (κ3) is 13.1. The number of aliphatic hydroxyl groups excluding tert-OH is 2. The number of methoxy groups -OCH3 is 1. The zero-order chi connectivity index (χ0) is 45.3. The van der Waals surface area contributed by atoms with Gasteiger partial charge in [0, 0.05) is 0 Å². The normalized spacial score (nSPS) is 25.3. The molecule has 66 heavy (non-hydrogen) atoms. The topological polar surface area (TPSA) is 133 Å². The van der Waals surface area contributed by atoms with Crippen LogP contribution in [0.3, 0.4) is 0 Å². The Morgan fingerprint density at radius 1 is 0.394 bits per heavy atom. The van der Waals surface area contributed by atoms with Crippen LogP contribution in [0, 0.1) is 0 Å². The lowest BCUT2D eigenvalue weighted by Crippen LogP contribution is -2.66. The Morgan fingerprint density at radius 3 is 1.26 bits per heavy atom. The zero-order valence-corrected chi connectivity index (χ0v) is 36.9. The van der Waals surface area contributed by atoms with Gasteiger partial charge in [-0.1, -0.05) is 152 Å². The van der Waals surface area contributed by atoms with E-state index < -0.39 is 61.4 Å². The van der Waals surface area contributed by atoms with Crippen LogP contribution in [0.5, 0.6) is 11.5 Å². The van der Waals surface area contributed by atoms with E-state index in [9.17, 15) is 10.2 Å². The highest BCUT2D eigenvalue weighted by atomic mass is 16.8. The van der Waals surface area contributed by atoms with Crippen molar-refractivity contribution in [1.82, 2.24) is 0 Å². The second-order valence-electron chi connectivity index (χ2n) is 16.2. The Balaban J connectivity index is 1.15. The summed E-state index contributed by atoms with van der Waals surface area (Å²) < 4.78 is 65.5. The van der Waals surface area contributed by atoms with Crippen molar-refractivity contribution in [3.05, 3.63) is 204 Å². The minimum Gasteiger partial charge on any atom is -0.497 e. The van der Waals surface area contributed by atoms with Crippen molar-refractivity contribution >= 4 is 0 Å². The smallest absolute Gasteiger partial charge is 0.229 e. The van der Waals surface area contributed by atoms with E-state index in [2.05, 4.69) is 0 Å². The Bertz CT molecular complexity index is 2250. The van der Waals surface area contributed by atoms with Crippen LogP contribution in [-0.2, 0) is 70.9 Å². The molecular weight excluding hydrogens is 841 g/mol. The SMILES string of the molecule is COc1ccc(O[C@@H]2OC(COCc3ccccc3)[C@@H](O[C@@H]3OC(COCc4ccccc4)[C@H](O)C(O)C3OCc3ccccc3)C(OCc3ccccc3)C2OCc2ccccc2)cc1. The predicted octanol–water partition coefficient (Wildman–Crippen LogP) is 7.82. The molecule has 2 aliphatic heterocycles. The highest BCUT2D eigenvalue weighted by Crippen LogP contribution is 2.36. The van der Waals surface area contributed by atoms with Crippen molar-refractivity contribution in [2.24, 2.45) is 0 Å². The second-order valence-corrected chi connectivity index (χ2v) is 16.2. The van der Waals surface area contributed by atoms with E-state index in [1.165, 1.54) is 0 Å². The summed E-state index contributed by atoms with van der Waals surface area (Å²) in [4.78, 5) is 0. The van der Waals surface area contributed by atoms with Gasteiger partial charge < -0.3 is 57.6 Å². The van der Waals surface area contributed by atoms with E-state index in [1.807, 2.05) is 164 Å². The van der Waals surface area contributed by atoms with E-state index >= 15 is 0 Å². The molecule has 6 aromatic carbocycles. The molecule has 2 N–H and O–H groups in total. The van der Waals surface area contributed by atoms with Crippen LogP contribution in [0.15, 0.2) is 176 Å². The fourth-order valence-electron chi connectivity index (χ4n) is 7.95. The molecule has 10 atom stereocenters. The average Bonchev–Trinajstić information content (AvgIpc) is 3.37. The van der Waals surface area contributed by atoms with Crippen LogP contribution in [0.1, 0.15) is 27.8 Å². The summed E-state index contributed by atoms with van der Waals surface area (Å²) >= 11 is 0. The first kappa shape index (κ1) is 47.0. The van der Waals surface area contributed by atoms with Gasteiger partial charge >= 0.3 is 0 Å². The lowest BCUT2D eigenvalue weighted by atomic mass is 9.96. The Kier molecular flexibility index (Phi) is 17.3. The molecular formula is C54H58O12. The molecule has 6 aromatic rings. The number of hydrogen-bond donors (Lipinski definition) is 2. The summed E-state index contributed by atoms with van der Waals surface area (Å²) in [5.74, 6) is 1.18. The van der Waals surface area contributed by atoms with Crippen molar-refractivity contribution in [2.75, 3.05) is 20.3 Å². The van der Waals surface area contributed by atoms with Gasteiger partial charge in [0.05, 0.1) is 53.4 Å². The first-order chi connectivity index (χ1) is 32.5. The van der Waals surface area contributed by atoms with Crippen molar-refractivity contribution < 1.29 is 57.6 Å². The maximum Gasteiger partial charge on any atom is 0.229 e. The molecule has 346 valence electrons. The summed E-state index contributed by atoms with van der Waals surface area (Å²) in [6.45, 7) is 1.03. The molecule has 0 amide bonds. The minimum atomic E-state index is -1.44. The molecule has 0 saturated carbocycles. The van der Waals surface area contributed by atoms with Gasteiger partial charge in [0.25, 0.3) is 0 Å². The molecule has 12 nitrogen and oxygen atoms in total. The third-order valence-electron chi connectivity index (χ3n) is 11.5. The number of aliphatic hydroxyl groups is 2. The maximum atomic E-state index is 11.9. The maximum absolute atomic E-state index is 11.9. The number of rotatable bonds is 22. The van der Waals surface area contributed by atoms with Crippen molar-refractivity contribution in [1.29, 1.82) is 0 Å². The summed E-state index contributed by atoms with van der Waals surface area (Å²) in [6.07, 6.45) is -10.9. The molecule has 2 aliphatic rings. The van der Waals surface area contributed by atoms with Crippen LogP contribution < -0.4 is 9.47 Å². The Morgan fingerprint density at radius 2 is 0.788 bits per heavy atom. The summed E-state index contributed by atoms with van der Waals surface area (Å²) in [6, 6.07) is 56.0. The lowest BCUT2D eigenvalue weighted by Gasteiger charge is -2.49. The van der Waals surface area contributed by atoms with Crippen LogP contribution in [0.4, 0.5) is 0 Å². The van der Waals surface area contributed by atoms with Gasteiger partial charge in [-0.3, -0.25) is 0 Å². The number of benzene rings is 6.